The van der Waals surface area contributed by atoms with Crippen LogP contribution in [0.4, 0.5) is 0 Å². The molecule has 5 heteroatoms. The van der Waals surface area contributed by atoms with Crippen molar-refractivity contribution in [2.45, 2.75) is 46.5 Å². The van der Waals surface area contributed by atoms with E-state index in [-0.39, 0.29) is 6.61 Å². The van der Waals surface area contributed by atoms with Gasteiger partial charge in [0, 0.05) is 0 Å². The third-order valence-electron chi connectivity index (χ3n) is 1.26. The van der Waals surface area contributed by atoms with Crippen molar-refractivity contribution in [3.63, 3.8) is 0 Å². The average molecular weight is 212 g/mol. The second-order valence-electron chi connectivity index (χ2n) is 2.38. The van der Waals surface area contributed by atoms with E-state index in [2.05, 4.69) is 11.4 Å². The third-order valence-corrected chi connectivity index (χ3v) is 1.78. The summed E-state index contributed by atoms with van der Waals surface area (Å²) in [5.41, 5.74) is 0. The van der Waals surface area contributed by atoms with Gasteiger partial charge in [-0.15, -0.1) is 0 Å². The molecule has 0 aromatic heterocycles. The molecule has 0 aromatic rings. The summed E-state index contributed by atoms with van der Waals surface area (Å²) in [6, 6.07) is 0. The fourth-order valence-electron chi connectivity index (χ4n) is 0.712. The van der Waals surface area contributed by atoms with Crippen LogP contribution < -0.4 is 0 Å². The number of hydrogen-bond donors (Lipinski definition) is 2. The second-order valence-corrected chi connectivity index (χ2v) is 3.62. The number of unbranched alkanes of at least 4 members (excludes halogenated alkanes) is 3. The van der Waals surface area contributed by atoms with Crippen LogP contribution in [0.15, 0.2) is 0 Å². The Kier molecular flexibility index (Phi) is 12.2. The quantitative estimate of drug-likeness (QED) is 0.524. The Morgan fingerprint density at radius 2 is 1.69 bits per heavy atom. The van der Waals surface area contributed by atoms with Crippen LogP contribution in [-0.2, 0) is 9.09 Å². The summed E-state index contributed by atoms with van der Waals surface area (Å²) in [5.74, 6) is 0. The Balaban J connectivity index is 0. The molecule has 0 aromatic carbocycles. The van der Waals surface area contributed by atoms with Gasteiger partial charge in [0.25, 0.3) is 0 Å². The molecule has 13 heavy (non-hydrogen) atoms. The molecule has 0 atom stereocenters. The topological polar surface area (TPSA) is 66.8 Å². The zero-order valence-electron chi connectivity index (χ0n) is 8.69. The first kappa shape index (κ1) is 15.6. The summed E-state index contributed by atoms with van der Waals surface area (Å²) < 4.78 is 14.4. The van der Waals surface area contributed by atoms with Crippen molar-refractivity contribution in [2.24, 2.45) is 0 Å². The lowest BCUT2D eigenvalue weighted by atomic mass is 10.2. The number of rotatable bonds is 6. The minimum atomic E-state index is -4.21. The summed E-state index contributed by atoms with van der Waals surface area (Å²) in [5, 5.41) is 0. The molecular formula is C8H21O4P. The van der Waals surface area contributed by atoms with Crippen LogP contribution in [0.3, 0.4) is 0 Å². The third kappa shape index (κ3) is 18.8. The molecule has 0 unspecified atom stereocenters. The molecule has 0 saturated carbocycles. The first-order valence-corrected chi connectivity index (χ1v) is 6.29. The summed E-state index contributed by atoms with van der Waals surface area (Å²) >= 11 is 0. The highest BCUT2D eigenvalue weighted by Gasteiger charge is 2.11. The zero-order valence-corrected chi connectivity index (χ0v) is 9.59. The van der Waals surface area contributed by atoms with E-state index >= 15 is 0 Å². The molecule has 0 bridgehead atoms. The lowest BCUT2D eigenvalue weighted by Gasteiger charge is -2.03. The molecule has 0 amide bonds. The first-order chi connectivity index (χ1) is 6.06. The maximum absolute atomic E-state index is 10.1. The molecule has 0 heterocycles. The van der Waals surface area contributed by atoms with Crippen LogP contribution in [0, 0.1) is 0 Å². The SMILES string of the molecule is CC.CCCCCCOP(=O)(O)O. The van der Waals surface area contributed by atoms with Gasteiger partial charge >= 0.3 is 7.82 Å². The average Bonchev–Trinajstić information content (AvgIpc) is 2.06. The second kappa shape index (κ2) is 10.2. The van der Waals surface area contributed by atoms with Crippen LogP contribution in [-0.4, -0.2) is 16.4 Å². The number of phosphoric ester groups is 1. The molecule has 0 aliphatic carbocycles. The van der Waals surface area contributed by atoms with Gasteiger partial charge in [-0.05, 0) is 6.42 Å². The van der Waals surface area contributed by atoms with Crippen molar-refractivity contribution in [3.05, 3.63) is 0 Å². The van der Waals surface area contributed by atoms with Crippen molar-refractivity contribution in [2.75, 3.05) is 6.61 Å². The summed E-state index contributed by atoms with van der Waals surface area (Å²) in [7, 11) is -4.21. The number of phosphoric acid groups is 1. The first-order valence-electron chi connectivity index (χ1n) is 4.76. The van der Waals surface area contributed by atoms with Crippen molar-refractivity contribution < 1.29 is 18.9 Å². The largest absolute Gasteiger partial charge is 0.469 e. The van der Waals surface area contributed by atoms with Gasteiger partial charge in [-0.3, -0.25) is 4.52 Å². The van der Waals surface area contributed by atoms with E-state index in [4.69, 9.17) is 9.79 Å². The lowest BCUT2D eigenvalue weighted by molar-refractivity contribution is 0.193. The molecule has 82 valence electrons. The minimum Gasteiger partial charge on any atom is -0.303 e. The van der Waals surface area contributed by atoms with Crippen LogP contribution in [0.2, 0.25) is 0 Å². The summed E-state index contributed by atoms with van der Waals surface area (Å²) in [6.07, 6.45) is 3.88. The van der Waals surface area contributed by atoms with Crippen molar-refractivity contribution in [3.8, 4) is 0 Å². The fourth-order valence-corrected chi connectivity index (χ4v) is 1.08. The standard InChI is InChI=1S/C6H15O4P.C2H6/c1-2-3-4-5-6-10-11(7,8)9;1-2/h2-6H2,1H3,(H2,7,8,9);1-2H3. The van der Waals surface area contributed by atoms with Gasteiger partial charge in [0.05, 0.1) is 6.61 Å². The van der Waals surface area contributed by atoms with Crippen molar-refractivity contribution in [1.82, 2.24) is 0 Å². The Bertz CT molecular complexity index is 132. The summed E-state index contributed by atoms with van der Waals surface area (Å²) in [6.45, 7) is 6.23. The van der Waals surface area contributed by atoms with E-state index in [0.717, 1.165) is 25.7 Å². The van der Waals surface area contributed by atoms with Gasteiger partial charge < -0.3 is 9.79 Å². The smallest absolute Gasteiger partial charge is 0.303 e. The predicted octanol–water partition coefficient (Wildman–Crippen LogP) is 2.70. The van der Waals surface area contributed by atoms with E-state index in [0.29, 0.717) is 0 Å². The van der Waals surface area contributed by atoms with Crippen LogP contribution >= 0.6 is 7.82 Å². The van der Waals surface area contributed by atoms with E-state index in [1.807, 2.05) is 13.8 Å². The van der Waals surface area contributed by atoms with Crippen molar-refractivity contribution >= 4 is 7.82 Å². The minimum absolute atomic E-state index is 0.157. The van der Waals surface area contributed by atoms with Crippen LogP contribution in [0.5, 0.6) is 0 Å². The van der Waals surface area contributed by atoms with Gasteiger partial charge in [0.15, 0.2) is 0 Å². The highest BCUT2D eigenvalue weighted by Crippen LogP contribution is 2.35. The molecule has 2 N–H and O–H groups in total. The van der Waals surface area contributed by atoms with Crippen LogP contribution in [0.25, 0.3) is 0 Å². The fraction of sp³-hybridized carbons (Fsp3) is 1.00. The molecule has 0 rings (SSSR count). The van der Waals surface area contributed by atoms with Gasteiger partial charge in [0.2, 0.25) is 0 Å². The summed E-state index contributed by atoms with van der Waals surface area (Å²) in [4.78, 5) is 16.5. The Morgan fingerprint density at radius 1 is 1.15 bits per heavy atom. The van der Waals surface area contributed by atoms with E-state index in [1.165, 1.54) is 0 Å². The number of hydrogen-bond acceptors (Lipinski definition) is 2. The lowest BCUT2D eigenvalue weighted by Crippen LogP contribution is -1.91. The van der Waals surface area contributed by atoms with Crippen LogP contribution in [0.1, 0.15) is 46.5 Å². The molecule has 0 radical (unpaired) electrons. The molecule has 0 aliphatic heterocycles. The van der Waals surface area contributed by atoms with E-state index in [1.54, 1.807) is 0 Å². The Labute approximate surface area is 80.6 Å². The Morgan fingerprint density at radius 3 is 2.08 bits per heavy atom. The van der Waals surface area contributed by atoms with Gasteiger partial charge in [-0.1, -0.05) is 40.0 Å². The van der Waals surface area contributed by atoms with E-state index < -0.39 is 7.82 Å². The monoisotopic (exact) mass is 212 g/mol. The highest BCUT2D eigenvalue weighted by molar-refractivity contribution is 7.46. The van der Waals surface area contributed by atoms with Gasteiger partial charge in [-0.25, -0.2) is 4.57 Å². The van der Waals surface area contributed by atoms with Crippen molar-refractivity contribution in [1.29, 1.82) is 0 Å². The van der Waals surface area contributed by atoms with Gasteiger partial charge in [-0.2, -0.15) is 0 Å². The van der Waals surface area contributed by atoms with E-state index in [9.17, 15) is 4.57 Å². The molecular weight excluding hydrogens is 191 g/mol. The van der Waals surface area contributed by atoms with Gasteiger partial charge in [0.1, 0.15) is 0 Å². The maximum Gasteiger partial charge on any atom is 0.469 e. The highest BCUT2D eigenvalue weighted by atomic mass is 31.2. The maximum atomic E-state index is 10.1. The molecule has 4 nitrogen and oxygen atoms in total. The molecule has 0 fully saturated rings. The normalized spacial score (nSPS) is 10.5. The molecule has 0 aliphatic rings. The zero-order chi connectivity index (χ0) is 10.7. The predicted molar refractivity (Wildman–Crippen MR) is 53.5 cm³/mol. The Hall–Kier alpha value is 0.110. The molecule has 0 spiro atoms. The molecule has 0 saturated heterocycles.